The Hall–Kier alpha value is -0.900. The van der Waals surface area contributed by atoms with Crippen LogP contribution in [0, 0.1) is 0 Å². The summed E-state index contributed by atoms with van der Waals surface area (Å²) in [5.41, 5.74) is 1.21. The fraction of sp³-hybridized carbons (Fsp3) is 0.571. The molecule has 0 unspecified atom stereocenters. The van der Waals surface area contributed by atoms with Crippen molar-refractivity contribution < 1.29 is 9.47 Å². The zero-order valence-electron chi connectivity index (χ0n) is 11.2. The van der Waals surface area contributed by atoms with Gasteiger partial charge in [0.05, 0.1) is 12.7 Å². The van der Waals surface area contributed by atoms with Crippen molar-refractivity contribution in [1.82, 2.24) is 4.90 Å². The van der Waals surface area contributed by atoms with Crippen LogP contribution in [0.5, 0.6) is 0 Å². The van der Waals surface area contributed by atoms with Gasteiger partial charge in [-0.25, -0.2) is 0 Å². The first kappa shape index (κ1) is 14.2. The van der Waals surface area contributed by atoms with Crippen LogP contribution < -0.4 is 0 Å². The standard InChI is InChI=1S/C14H23NO2/c1-12(15(2)10-11-16-3)14(17-4)13-8-6-5-7-9-13/h5-9,12,14H,10-11H2,1-4H3/t12-,14+/m0/s1. The van der Waals surface area contributed by atoms with E-state index in [2.05, 4.69) is 31.0 Å². The van der Waals surface area contributed by atoms with Crippen LogP contribution in [0.25, 0.3) is 0 Å². The van der Waals surface area contributed by atoms with Gasteiger partial charge in [-0.2, -0.15) is 0 Å². The number of nitrogens with zero attached hydrogens (tertiary/aromatic N) is 1. The van der Waals surface area contributed by atoms with Gasteiger partial charge in [0.1, 0.15) is 0 Å². The Morgan fingerprint density at radius 1 is 1.18 bits per heavy atom. The van der Waals surface area contributed by atoms with Crippen molar-refractivity contribution in [2.45, 2.75) is 19.1 Å². The van der Waals surface area contributed by atoms with E-state index in [1.807, 2.05) is 18.2 Å². The number of methoxy groups -OCH3 is 2. The van der Waals surface area contributed by atoms with Gasteiger partial charge in [0, 0.05) is 26.8 Å². The number of rotatable bonds is 7. The molecule has 0 spiro atoms. The summed E-state index contributed by atoms with van der Waals surface area (Å²) in [4.78, 5) is 2.25. The number of hydrogen-bond donors (Lipinski definition) is 0. The fourth-order valence-electron chi connectivity index (χ4n) is 1.92. The van der Waals surface area contributed by atoms with Crippen LogP contribution in [0.1, 0.15) is 18.6 Å². The van der Waals surface area contributed by atoms with Crippen molar-refractivity contribution in [2.24, 2.45) is 0 Å². The monoisotopic (exact) mass is 237 g/mol. The summed E-state index contributed by atoms with van der Waals surface area (Å²) >= 11 is 0. The number of hydrogen-bond acceptors (Lipinski definition) is 3. The van der Waals surface area contributed by atoms with E-state index < -0.39 is 0 Å². The maximum atomic E-state index is 5.62. The lowest BCUT2D eigenvalue weighted by atomic mass is 10.0. The van der Waals surface area contributed by atoms with Crippen LogP contribution >= 0.6 is 0 Å². The van der Waals surface area contributed by atoms with Crippen LogP contribution in [0.4, 0.5) is 0 Å². The van der Waals surface area contributed by atoms with E-state index in [0.29, 0.717) is 6.04 Å². The highest BCUT2D eigenvalue weighted by Crippen LogP contribution is 2.23. The summed E-state index contributed by atoms with van der Waals surface area (Å²) in [6.45, 7) is 3.83. The number of benzene rings is 1. The second-order valence-corrected chi connectivity index (χ2v) is 4.28. The second-order valence-electron chi connectivity index (χ2n) is 4.28. The van der Waals surface area contributed by atoms with Crippen molar-refractivity contribution in [3.8, 4) is 0 Å². The number of ether oxygens (including phenoxy) is 2. The Morgan fingerprint density at radius 2 is 1.82 bits per heavy atom. The zero-order chi connectivity index (χ0) is 12.7. The Balaban J connectivity index is 2.67. The fourth-order valence-corrected chi connectivity index (χ4v) is 1.92. The average Bonchev–Trinajstić information content (AvgIpc) is 2.38. The maximum absolute atomic E-state index is 5.62. The Labute approximate surface area is 104 Å². The molecule has 0 saturated heterocycles. The normalized spacial score (nSPS) is 14.9. The van der Waals surface area contributed by atoms with Crippen molar-refractivity contribution in [3.05, 3.63) is 35.9 Å². The third-order valence-corrected chi connectivity index (χ3v) is 3.16. The van der Waals surface area contributed by atoms with Crippen LogP contribution in [0.2, 0.25) is 0 Å². The first-order valence-corrected chi connectivity index (χ1v) is 5.97. The Kier molecular flexibility index (Phi) is 6.19. The van der Waals surface area contributed by atoms with E-state index in [9.17, 15) is 0 Å². The molecule has 0 saturated carbocycles. The molecule has 0 bridgehead atoms. The quantitative estimate of drug-likeness (QED) is 0.726. The van der Waals surface area contributed by atoms with Gasteiger partial charge < -0.3 is 9.47 Å². The molecule has 0 aromatic heterocycles. The topological polar surface area (TPSA) is 21.7 Å². The van der Waals surface area contributed by atoms with Crippen molar-refractivity contribution in [3.63, 3.8) is 0 Å². The minimum atomic E-state index is 0.0954. The lowest BCUT2D eigenvalue weighted by molar-refractivity contribution is 0.0217. The molecule has 3 nitrogen and oxygen atoms in total. The summed E-state index contributed by atoms with van der Waals surface area (Å²) < 4.78 is 10.7. The minimum Gasteiger partial charge on any atom is -0.383 e. The molecule has 0 fully saturated rings. The molecule has 0 heterocycles. The molecule has 1 aromatic carbocycles. The first-order chi connectivity index (χ1) is 8.20. The molecule has 0 radical (unpaired) electrons. The summed E-state index contributed by atoms with van der Waals surface area (Å²) in [7, 11) is 5.58. The van der Waals surface area contributed by atoms with Gasteiger partial charge in [0.15, 0.2) is 0 Å². The van der Waals surface area contributed by atoms with Gasteiger partial charge in [-0.05, 0) is 19.5 Å². The molecular formula is C14H23NO2. The second kappa shape index (κ2) is 7.43. The van der Waals surface area contributed by atoms with Gasteiger partial charge in [-0.1, -0.05) is 30.3 Å². The van der Waals surface area contributed by atoms with E-state index in [1.165, 1.54) is 5.56 Å². The first-order valence-electron chi connectivity index (χ1n) is 5.97. The molecule has 2 atom stereocenters. The Morgan fingerprint density at radius 3 is 2.35 bits per heavy atom. The molecule has 1 aromatic rings. The minimum absolute atomic E-state index is 0.0954. The van der Waals surface area contributed by atoms with E-state index in [1.54, 1.807) is 14.2 Å². The smallest absolute Gasteiger partial charge is 0.0973 e. The molecule has 0 N–H and O–H groups in total. The third-order valence-electron chi connectivity index (χ3n) is 3.16. The van der Waals surface area contributed by atoms with E-state index >= 15 is 0 Å². The Bertz CT molecular complexity index is 302. The molecule has 0 aliphatic rings. The molecule has 0 aliphatic heterocycles. The largest absolute Gasteiger partial charge is 0.383 e. The summed E-state index contributed by atoms with van der Waals surface area (Å²) in [6.07, 6.45) is 0.0954. The highest BCUT2D eigenvalue weighted by molar-refractivity contribution is 5.19. The van der Waals surface area contributed by atoms with Gasteiger partial charge in [0.2, 0.25) is 0 Å². The molecule has 0 aliphatic carbocycles. The van der Waals surface area contributed by atoms with Crippen molar-refractivity contribution >= 4 is 0 Å². The van der Waals surface area contributed by atoms with Gasteiger partial charge >= 0.3 is 0 Å². The lowest BCUT2D eigenvalue weighted by Gasteiger charge is -2.31. The zero-order valence-corrected chi connectivity index (χ0v) is 11.2. The van der Waals surface area contributed by atoms with Crippen LogP contribution in [-0.4, -0.2) is 45.4 Å². The van der Waals surface area contributed by atoms with E-state index in [-0.39, 0.29) is 6.10 Å². The SMILES string of the molecule is COCCN(C)[C@@H](C)[C@@H](OC)c1ccccc1. The maximum Gasteiger partial charge on any atom is 0.0973 e. The van der Waals surface area contributed by atoms with Gasteiger partial charge in [-0.15, -0.1) is 0 Å². The van der Waals surface area contributed by atoms with Gasteiger partial charge in [0.25, 0.3) is 0 Å². The molecular weight excluding hydrogens is 214 g/mol. The molecule has 0 amide bonds. The van der Waals surface area contributed by atoms with Crippen LogP contribution in [-0.2, 0) is 9.47 Å². The van der Waals surface area contributed by atoms with Crippen LogP contribution in [0.15, 0.2) is 30.3 Å². The molecule has 96 valence electrons. The summed E-state index contributed by atoms with van der Waals surface area (Å²) in [6, 6.07) is 10.6. The van der Waals surface area contributed by atoms with E-state index in [0.717, 1.165) is 13.2 Å². The van der Waals surface area contributed by atoms with Crippen LogP contribution in [0.3, 0.4) is 0 Å². The van der Waals surface area contributed by atoms with Crippen molar-refractivity contribution in [1.29, 1.82) is 0 Å². The predicted octanol–water partition coefficient (Wildman–Crippen LogP) is 2.34. The average molecular weight is 237 g/mol. The lowest BCUT2D eigenvalue weighted by Crippen LogP contribution is -2.37. The summed E-state index contributed by atoms with van der Waals surface area (Å²) in [5.74, 6) is 0. The highest BCUT2D eigenvalue weighted by Gasteiger charge is 2.21. The van der Waals surface area contributed by atoms with Crippen molar-refractivity contribution in [2.75, 3.05) is 34.4 Å². The van der Waals surface area contributed by atoms with Gasteiger partial charge in [-0.3, -0.25) is 4.90 Å². The molecule has 3 heteroatoms. The summed E-state index contributed by atoms with van der Waals surface area (Å²) in [5, 5.41) is 0. The highest BCUT2D eigenvalue weighted by atomic mass is 16.5. The molecule has 17 heavy (non-hydrogen) atoms. The molecule has 1 rings (SSSR count). The predicted molar refractivity (Wildman–Crippen MR) is 70.2 cm³/mol. The third kappa shape index (κ3) is 4.11. The number of likely N-dealkylation sites (N-methyl/N-ethyl adjacent to an activating group) is 1. The van der Waals surface area contributed by atoms with E-state index in [4.69, 9.17) is 9.47 Å².